The molecule has 21 heavy (non-hydrogen) atoms. The van der Waals surface area contributed by atoms with Gasteiger partial charge in [-0.15, -0.1) is 0 Å². The molecule has 8 nitrogen and oxygen atoms in total. The van der Waals surface area contributed by atoms with Crippen LogP contribution in [0.15, 0.2) is 22.9 Å². The molecule has 0 spiro atoms. The van der Waals surface area contributed by atoms with E-state index in [-0.39, 0.29) is 18.7 Å². The SMILES string of the molecule is Cc1noc(CCC(=O)Nc2ccc(CC(=O)O)nc2)n1. The number of carboxylic acids is 1. The second kappa shape index (κ2) is 6.60. The first-order valence-corrected chi connectivity index (χ1v) is 6.28. The maximum atomic E-state index is 11.7. The van der Waals surface area contributed by atoms with Crippen molar-refractivity contribution >= 4 is 17.6 Å². The normalized spacial score (nSPS) is 10.3. The van der Waals surface area contributed by atoms with Gasteiger partial charge in [-0.3, -0.25) is 14.6 Å². The molecule has 0 unspecified atom stereocenters. The van der Waals surface area contributed by atoms with E-state index in [1.165, 1.54) is 6.20 Å². The third-order valence-corrected chi connectivity index (χ3v) is 2.58. The van der Waals surface area contributed by atoms with Crippen molar-refractivity contribution in [2.45, 2.75) is 26.2 Å². The number of carboxylic acid groups (broad SMARTS) is 1. The van der Waals surface area contributed by atoms with Crippen LogP contribution in [0.3, 0.4) is 0 Å². The first-order chi connectivity index (χ1) is 10.0. The Labute approximate surface area is 120 Å². The Bertz CT molecular complexity index is 636. The van der Waals surface area contributed by atoms with Gasteiger partial charge in [-0.05, 0) is 19.1 Å². The largest absolute Gasteiger partial charge is 0.481 e. The fourth-order valence-electron chi connectivity index (χ4n) is 1.64. The smallest absolute Gasteiger partial charge is 0.309 e. The highest BCUT2D eigenvalue weighted by Crippen LogP contribution is 2.08. The molecule has 2 aromatic heterocycles. The molecule has 0 bridgehead atoms. The van der Waals surface area contributed by atoms with E-state index >= 15 is 0 Å². The summed E-state index contributed by atoms with van der Waals surface area (Å²) in [5.74, 6) is -0.214. The van der Waals surface area contributed by atoms with Crippen molar-refractivity contribution in [2.75, 3.05) is 5.32 Å². The molecule has 0 fully saturated rings. The number of pyridine rings is 1. The second-order valence-corrected chi connectivity index (χ2v) is 4.39. The number of aryl methyl sites for hydroxylation is 2. The van der Waals surface area contributed by atoms with Crippen molar-refractivity contribution in [1.82, 2.24) is 15.1 Å². The molecule has 1 amide bonds. The molecule has 0 aliphatic heterocycles. The highest BCUT2D eigenvalue weighted by molar-refractivity contribution is 5.90. The Morgan fingerprint density at radius 1 is 1.38 bits per heavy atom. The predicted molar refractivity (Wildman–Crippen MR) is 71.6 cm³/mol. The van der Waals surface area contributed by atoms with E-state index in [1.54, 1.807) is 19.1 Å². The van der Waals surface area contributed by atoms with E-state index in [0.717, 1.165) is 0 Å². The van der Waals surface area contributed by atoms with Gasteiger partial charge in [0.25, 0.3) is 0 Å². The molecule has 110 valence electrons. The average molecular weight is 290 g/mol. The number of hydrogen-bond acceptors (Lipinski definition) is 6. The summed E-state index contributed by atoms with van der Waals surface area (Å²) in [7, 11) is 0. The third kappa shape index (κ3) is 4.68. The van der Waals surface area contributed by atoms with E-state index < -0.39 is 5.97 Å². The van der Waals surface area contributed by atoms with Crippen LogP contribution in [0.25, 0.3) is 0 Å². The van der Waals surface area contributed by atoms with Crippen molar-refractivity contribution in [3.8, 4) is 0 Å². The lowest BCUT2D eigenvalue weighted by Gasteiger charge is -2.04. The zero-order chi connectivity index (χ0) is 15.2. The quantitative estimate of drug-likeness (QED) is 0.813. The van der Waals surface area contributed by atoms with Crippen LogP contribution in [-0.4, -0.2) is 32.1 Å². The molecular weight excluding hydrogens is 276 g/mol. The first-order valence-electron chi connectivity index (χ1n) is 6.28. The maximum absolute atomic E-state index is 11.7. The zero-order valence-corrected chi connectivity index (χ0v) is 11.4. The molecule has 2 heterocycles. The molecule has 2 N–H and O–H groups in total. The summed E-state index contributed by atoms with van der Waals surface area (Å²) >= 11 is 0. The Hall–Kier alpha value is -2.77. The summed E-state index contributed by atoms with van der Waals surface area (Å²) in [4.78, 5) is 30.2. The summed E-state index contributed by atoms with van der Waals surface area (Å²) in [5.41, 5.74) is 0.942. The molecule has 0 saturated carbocycles. The fraction of sp³-hybridized carbons (Fsp3) is 0.308. The lowest BCUT2D eigenvalue weighted by atomic mass is 10.2. The number of nitrogens with one attached hydrogen (secondary N) is 1. The van der Waals surface area contributed by atoms with Gasteiger partial charge in [0.15, 0.2) is 5.82 Å². The Kier molecular flexibility index (Phi) is 4.60. The number of carbonyl (C=O) groups excluding carboxylic acids is 1. The zero-order valence-electron chi connectivity index (χ0n) is 11.4. The highest BCUT2D eigenvalue weighted by atomic mass is 16.5. The van der Waals surface area contributed by atoms with Gasteiger partial charge < -0.3 is 14.9 Å². The molecule has 0 aliphatic carbocycles. The third-order valence-electron chi connectivity index (χ3n) is 2.58. The van der Waals surface area contributed by atoms with E-state index in [9.17, 15) is 9.59 Å². The molecule has 8 heteroatoms. The van der Waals surface area contributed by atoms with Crippen molar-refractivity contribution in [1.29, 1.82) is 0 Å². The number of aromatic nitrogens is 3. The lowest BCUT2D eigenvalue weighted by Crippen LogP contribution is -2.13. The molecule has 2 aromatic rings. The van der Waals surface area contributed by atoms with Crippen LogP contribution in [0.5, 0.6) is 0 Å². The average Bonchev–Trinajstić information content (AvgIpc) is 2.84. The summed E-state index contributed by atoms with van der Waals surface area (Å²) in [6.07, 6.45) is 1.84. The molecule has 0 aliphatic rings. The number of nitrogens with zero attached hydrogens (tertiary/aromatic N) is 3. The molecule has 2 rings (SSSR count). The summed E-state index contributed by atoms with van der Waals surface area (Å²) < 4.78 is 4.91. The number of amides is 1. The number of hydrogen-bond donors (Lipinski definition) is 2. The van der Waals surface area contributed by atoms with Crippen molar-refractivity contribution in [3.63, 3.8) is 0 Å². The molecule has 0 atom stereocenters. The fourth-order valence-corrected chi connectivity index (χ4v) is 1.64. The molecule has 0 saturated heterocycles. The van der Waals surface area contributed by atoms with Crippen LogP contribution in [0.2, 0.25) is 0 Å². The minimum absolute atomic E-state index is 0.148. The predicted octanol–water partition coefficient (Wildman–Crippen LogP) is 0.971. The number of carbonyl (C=O) groups is 2. The number of aliphatic carboxylic acids is 1. The van der Waals surface area contributed by atoms with Gasteiger partial charge in [0, 0.05) is 12.8 Å². The summed E-state index contributed by atoms with van der Waals surface area (Å²) in [5, 5.41) is 14.9. The van der Waals surface area contributed by atoms with Gasteiger partial charge in [0.2, 0.25) is 11.8 Å². The van der Waals surface area contributed by atoms with E-state index in [4.69, 9.17) is 9.63 Å². The van der Waals surface area contributed by atoms with Crippen molar-refractivity contribution in [2.24, 2.45) is 0 Å². The van der Waals surface area contributed by atoms with Crippen LogP contribution in [-0.2, 0) is 22.4 Å². The first kappa shape index (κ1) is 14.6. The topological polar surface area (TPSA) is 118 Å². The Morgan fingerprint density at radius 2 is 2.19 bits per heavy atom. The van der Waals surface area contributed by atoms with E-state index in [0.29, 0.717) is 29.5 Å². The minimum Gasteiger partial charge on any atom is -0.481 e. The van der Waals surface area contributed by atoms with Gasteiger partial charge >= 0.3 is 5.97 Å². The lowest BCUT2D eigenvalue weighted by molar-refractivity contribution is -0.136. The second-order valence-electron chi connectivity index (χ2n) is 4.39. The van der Waals surface area contributed by atoms with Gasteiger partial charge in [-0.25, -0.2) is 0 Å². The van der Waals surface area contributed by atoms with Crippen LogP contribution in [0, 0.1) is 6.92 Å². The summed E-state index contributed by atoms with van der Waals surface area (Å²) in [6, 6.07) is 3.17. The minimum atomic E-state index is -0.950. The van der Waals surface area contributed by atoms with Gasteiger partial charge in [-0.1, -0.05) is 5.16 Å². The van der Waals surface area contributed by atoms with Crippen LogP contribution in [0.4, 0.5) is 5.69 Å². The van der Waals surface area contributed by atoms with Crippen LogP contribution in [0.1, 0.15) is 23.8 Å². The molecule has 0 radical (unpaired) electrons. The maximum Gasteiger partial charge on any atom is 0.309 e. The summed E-state index contributed by atoms with van der Waals surface area (Å²) in [6.45, 7) is 1.71. The number of anilines is 1. The Morgan fingerprint density at radius 3 is 2.76 bits per heavy atom. The Balaban J connectivity index is 1.83. The van der Waals surface area contributed by atoms with Gasteiger partial charge in [-0.2, -0.15) is 4.98 Å². The van der Waals surface area contributed by atoms with Crippen LogP contribution < -0.4 is 5.32 Å². The van der Waals surface area contributed by atoms with Gasteiger partial charge in [0.05, 0.1) is 24.0 Å². The van der Waals surface area contributed by atoms with Gasteiger partial charge in [0.1, 0.15) is 0 Å². The van der Waals surface area contributed by atoms with E-state index in [1.807, 2.05) is 0 Å². The van der Waals surface area contributed by atoms with E-state index in [2.05, 4.69) is 20.4 Å². The monoisotopic (exact) mass is 290 g/mol. The molecular formula is C13H14N4O4. The van der Waals surface area contributed by atoms with Crippen LogP contribution >= 0.6 is 0 Å². The van der Waals surface area contributed by atoms with Crippen molar-refractivity contribution < 1.29 is 19.2 Å². The standard InChI is InChI=1S/C13H14N4O4/c1-8-15-12(21-17-8)5-4-11(18)16-10-3-2-9(14-7-10)6-13(19)20/h2-3,7H,4-6H2,1H3,(H,16,18)(H,19,20). The number of rotatable bonds is 6. The van der Waals surface area contributed by atoms with Crippen molar-refractivity contribution in [3.05, 3.63) is 35.7 Å². The molecule has 0 aromatic carbocycles. The highest BCUT2D eigenvalue weighted by Gasteiger charge is 2.08.